The number of imidazole rings is 1. The molecular weight excluding hydrogens is 506 g/mol. The van der Waals surface area contributed by atoms with Crippen LogP contribution >= 0.6 is 0 Å². The van der Waals surface area contributed by atoms with E-state index in [4.69, 9.17) is 4.74 Å². The fraction of sp³-hybridized carbons (Fsp3) is 0.407. The summed E-state index contributed by atoms with van der Waals surface area (Å²) in [5.41, 5.74) is 1.54. The molecule has 0 aliphatic carbocycles. The first-order chi connectivity index (χ1) is 18.1. The van der Waals surface area contributed by atoms with Gasteiger partial charge in [0.2, 0.25) is 0 Å². The molecule has 0 radical (unpaired) electrons. The Hall–Kier alpha value is -3.41. The second kappa shape index (κ2) is 11.5. The Kier molecular flexibility index (Phi) is 8.39. The normalized spacial score (nSPS) is 18.9. The highest BCUT2D eigenvalue weighted by Crippen LogP contribution is 2.36. The minimum atomic E-state index is -4.03. The quantitative estimate of drug-likeness (QED) is 0.428. The highest BCUT2D eigenvalue weighted by atomic mass is 32.2. The van der Waals surface area contributed by atoms with Crippen molar-refractivity contribution in [2.45, 2.75) is 37.6 Å². The third-order valence-corrected chi connectivity index (χ3v) is 7.93. The average molecular weight is 542 g/mol. The number of ether oxygens (including phenoxy) is 1. The molecule has 3 aromatic rings. The number of carbonyl (C=O) groups is 1. The van der Waals surface area contributed by atoms with Gasteiger partial charge in [0.25, 0.3) is 15.9 Å². The fourth-order valence-corrected chi connectivity index (χ4v) is 5.58. The van der Waals surface area contributed by atoms with E-state index in [0.29, 0.717) is 19.6 Å². The van der Waals surface area contributed by atoms with Crippen molar-refractivity contribution < 1.29 is 23.1 Å². The number of rotatable bonds is 9. The molecule has 38 heavy (non-hydrogen) atoms. The van der Waals surface area contributed by atoms with Gasteiger partial charge in [-0.3, -0.25) is 14.4 Å². The van der Waals surface area contributed by atoms with E-state index in [-0.39, 0.29) is 46.6 Å². The molecule has 1 aromatic heterocycles. The van der Waals surface area contributed by atoms with Crippen molar-refractivity contribution in [2.24, 2.45) is 13.0 Å². The largest absolute Gasteiger partial charge is 0.486 e. The van der Waals surface area contributed by atoms with Crippen LogP contribution in [0.5, 0.6) is 5.75 Å². The Morgan fingerprint density at radius 1 is 1.21 bits per heavy atom. The topological polar surface area (TPSA) is 117 Å². The molecule has 10 nitrogen and oxygen atoms in total. The van der Waals surface area contributed by atoms with Gasteiger partial charge >= 0.3 is 0 Å². The number of sulfonamides is 1. The van der Waals surface area contributed by atoms with Gasteiger partial charge in [0, 0.05) is 38.8 Å². The SMILES string of the molecule is C[C@H]1CN([C@@H](C)CO)C(=O)c2cccc(NS(=O)(=O)c3cn(C)cn3)c2O[C@H]1CN(C)Cc1ccccc1. The number of nitrogens with one attached hydrogen (secondary N) is 1. The number of para-hydroxylation sites is 1. The van der Waals surface area contributed by atoms with Crippen molar-refractivity contribution in [3.8, 4) is 5.75 Å². The number of aromatic nitrogens is 2. The number of hydrogen-bond donors (Lipinski definition) is 2. The number of benzene rings is 2. The number of fused-ring (bicyclic) bond motifs is 1. The van der Waals surface area contributed by atoms with Crippen LogP contribution in [-0.4, -0.2) is 77.7 Å². The molecule has 1 amide bonds. The van der Waals surface area contributed by atoms with Crippen LogP contribution in [0.1, 0.15) is 29.8 Å². The summed E-state index contributed by atoms with van der Waals surface area (Å²) in [6, 6.07) is 14.5. The molecule has 0 saturated heterocycles. The van der Waals surface area contributed by atoms with Gasteiger partial charge < -0.3 is 19.3 Å². The van der Waals surface area contributed by atoms with Crippen LogP contribution in [0.3, 0.4) is 0 Å². The van der Waals surface area contributed by atoms with E-state index in [0.717, 1.165) is 5.56 Å². The summed E-state index contributed by atoms with van der Waals surface area (Å²) in [7, 11) is -0.352. The molecule has 0 unspecified atom stereocenters. The number of hydrogen-bond acceptors (Lipinski definition) is 7. The van der Waals surface area contributed by atoms with Gasteiger partial charge in [-0.2, -0.15) is 8.42 Å². The maximum atomic E-state index is 13.6. The van der Waals surface area contributed by atoms with Gasteiger partial charge in [0.1, 0.15) is 6.10 Å². The predicted molar refractivity (Wildman–Crippen MR) is 144 cm³/mol. The lowest BCUT2D eigenvalue weighted by atomic mass is 9.99. The maximum absolute atomic E-state index is 13.6. The first kappa shape index (κ1) is 27.6. The summed E-state index contributed by atoms with van der Waals surface area (Å²) in [6.45, 7) is 5.21. The molecule has 204 valence electrons. The van der Waals surface area contributed by atoms with E-state index >= 15 is 0 Å². The molecule has 11 heteroatoms. The van der Waals surface area contributed by atoms with Crippen LogP contribution in [0.4, 0.5) is 5.69 Å². The third kappa shape index (κ3) is 6.17. The molecular formula is C27H35N5O5S. The van der Waals surface area contributed by atoms with Crippen LogP contribution in [0.15, 0.2) is 66.1 Å². The Bertz CT molecular complexity index is 1360. The zero-order chi connectivity index (χ0) is 27.4. The minimum absolute atomic E-state index is 0.111. The highest BCUT2D eigenvalue weighted by molar-refractivity contribution is 7.92. The van der Waals surface area contributed by atoms with E-state index in [1.165, 1.54) is 12.5 Å². The van der Waals surface area contributed by atoms with Gasteiger partial charge in [-0.15, -0.1) is 0 Å². The summed E-state index contributed by atoms with van der Waals surface area (Å²) in [6.07, 6.45) is 2.43. The van der Waals surface area contributed by atoms with E-state index in [1.54, 1.807) is 41.6 Å². The predicted octanol–water partition coefficient (Wildman–Crippen LogP) is 2.57. The molecule has 0 bridgehead atoms. The summed E-state index contributed by atoms with van der Waals surface area (Å²) >= 11 is 0. The van der Waals surface area contributed by atoms with Crippen LogP contribution in [0.2, 0.25) is 0 Å². The van der Waals surface area contributed by atoms with E-state index in [9.17, 15) is 18.3 Å². The molecule has 0 saturated carbocycles. The first-order valence-corrected chi connectivity index (χ1v) is 14.0. The maximum Gasteiger partial charge on any atom is 0.281 e. The minimum Gasteiger partial charge on any atom is -0.486 e. The molecule has 2 aromatic carbocycles. The number of likely N-dealkylation sites (N-methyl/N-ethyl adjacent to an activating group) is 1. The molecule has 3 atom stereocenters. The van der Waals surface area contributed by atoms with Crippen molar-refractivity contribution in [2.75, 3.05) is 31.5 Å². The number of nitrogens with zero attached hydrogens (tertiary/aromatic N) is 4. The summed E-state index contributed by atoms with van der Waals surface area (Å²) in [5, 5.41) is 9.74. The number of aryl methyl sites for hydroxylation is 1. The van der Waals surface area contributed by atoms with Crippen molar-refractivity contribution in [1.29, 1.82) is 0 Å². The zero-order valence-corrected chi connectivity index (χ0v) is 22.9. The Labute approximate surface area is 223 Å². The van der Waals surface area contributed by atoms with Gasteiger partial charge in [-0.1, -0.05) is 43.3 Å². The second-order valence-electron chi connectivity index (χ2n) is 9.97. The zero-order valence-electron chi connectivity index (χ0n) is 22.1. The molecule has 2 heterocycles. The van der Waals surface area contributed by atoms with Crippen molar-refractivity contribution in [1.82, 2.24) is 19.4 Å². The lowest BCUT2D eigenvalue weighted by Gasteiger charge is -2.38. The lowest BCUT2D eigenvalue weighted by molar-refractivity contribution is 0.0344. The van der Waals surface area contributed by atoms with Gasteiger partial charge in [-0.25, -0.2) is 4.98 Å². The Morgan fingerprint density at radius 2 is 1.95 bits per heavy atom. The van der Waals surface area contributed by atoms with E-state index < -0.39 is 16.1 Å². The van der Waals surface area contributed by atoms with Crippen molar-refractivity contribution >= 4 is 21.6 Å². The molecule has 4 rings (SSSR count). The second-order valence-corrected chi connectivity index (χ2v) is 11.6. The molecule has 1 aliphatic rings. The molecule has 0 fully saturated rings. The molecule has 0 spiro atoms. The third-order valence-electron chi connectivity index (χ3n) is 6.68. The number of carbonyl (C=O) groups excluding carboxylic acids is 1. The number of aliphatic hydroxyl groups is 1. The monoisotopic (exact) mass is 541 g/mol. The van der Waals surface area contributed by atoms with Crippen LogP contribution in [-0.2, 0) is 23.6 Å². The summed E-state index contributed by atoms with van der Waals surface area (Å²) in [4.78, 5) is 21.4. The number of anilines is 1. The van der Waals surface area contributed by atoms with E-state index in [1.807, 2.05) is 32.2 Å². The molecule has 2 N–H and O–H groups in total. The smallest absolute Gasteiger partial charge is 0.281 e. The van der Waals surface area contributed by atoms with Gasteiger partial charge in [0.05, 0.1) is 30.2 Å². The first-order valence-electron chi connectivity index (χ1n) is 12.5. The Balaban J connectivity index is 1.71. The number of amides is 1. The van der Waals surface area contributed by atoms with Crippen molar-refractivity contribution in [3.63, 3.8) is 0 Å². The van der Waals surface area contributed by atoms with Gasteiger partial charge in [0.15, 0.2) is 10.8 Å². The average Bonchev–Trinajstić information content (AvgIpc) is 3.34. The van der Waals surface area contributed by atoms with E-state index in [2.05, 4.69) is 26.7 Å². The van der Waals surface area contributed by atoms with Crippen molar-refractivity contribution in [3.05, 3.63) is 72.2 Å². The summed E-state index contributed by atoms with van der Waals surface area (Å²) in [5.74, 6) is -0.278. The van der Waals surface area contributed by atoms with Crippen LogP contribution in [0.25, 0.3) is 0 Å². The standard InChI is InChI=1S/C27H35N5O5S/c1-19-13-32(20(2)17-33)27(34)22-11-8-12-23(29-38(35,36)25-16-31(4)18-28-25)26(22)37-24(19)15-30(3)14-21-9-6-5-7-10-21/h5-12,16,18-20,24,29,33H,13-15,17H2,1-4H3/t19-,20-,24-/m0/s1. The van der Waals surface area contributed by atoms with Crippen LogP contribution in [0, 0.1) is 5.92 Å². The highest BCUT2D eigenvalue weighted by Gasteiger charge is 2.35. The fourth-order valence-electron chi connectivity index (χ4n) is 4.53. The van der Waals surface area contributed by atoms with Crippen LogP contribution < -0.4 is 9.46 Å². The Morgan fingerprint density at radius 3 is 2.61 bits per heavy atom. The lowest BCUT2D eigenvalue weighted by Crippen LogP contribution is -2.49. The summed E-state index contributed by atoms with van der Waals surface area (Å²) < 4.78 is 36.8. The van der Waals surface area contributed by atoms with Gasteiger partial charge in [-0.05, 0) is 31.7 Å². The number of aliphatic hydroxyl groups excluding tert-OH is 1. The molecule has 1 aliphatic heterocycles.